The summed E-state index contributed by atoms with van der Waals surface area (Å²) in [5.74, 6) is -2.95. The molecule has 4 atom stereocenters. The number of anilines is 4. The van der Waals surface area contributed by atoms with Crippen LogP contribution >= 0.6 is 0 Å². The van der Waals surface area contributed by atoms with Crippen LogP contribution in [-0.2, 0) is 44.9 Å². The molecule has 11 rings (SSSR count). The van der Waals surface area contributed by atoms with Crippen molar-refractivity contribution in [2.75, 3.05) is 45.8 Å². The Morgan fingerprint density at radius 1 is 0.433 bits per heavy atom. The average Bonchev–Trinajstić information content (AvgIpc) is 3.93. The lowest BCUT2D eigenvalue weighted by atomic mass is 9.79. The molecule has 0 spiro atoms. The standard InChI is InChI=1S/C48H42N6O6/c1-27(55)51-41-9-5-3-7-33(41)35-23-37-39(25-43(35)51)47(59)53(45(37)57)31-15-11-29(12-16-31)49-19-21-50(22-20-49)30-13-17-32(18-14-30)54-46(58)38-24-36-34-8-4-6-10-42(34)52(28(2)56)44(36)26-40(38)48(54)60/h3-18,37-40H,19-26H2,1-2H3/t37-,38?,39+,40?/m1/s1. The van der Waals surface area contributed by atoms with Crippen molar-refractivity contribution >= 4 is 80.0 Å². The van der Waals surface area contributed by atoms with Gasteiger partial charge in [0.05, 0.1) is 46.1 Å². The fourth-order valence-electron chi connectivity index (χ4n) is 11.0. The zero-order valence-corrected chi connectivity index (χ0v) is 33.3. The molecule has 5 aliphatic rings. The minimum absolute atomic E-state index is 0.0998. The summed E-state index contributed by atoms with van der Waals surface area (Å²) in [4.78, 5) is 88.1. The Hall–Kier alpha value is -6.82. The summed E-state index contributed by atoms with van der Waals surface area (Å²) in [6.07, 6.45) is 1.57. The fraction of sp³-hybridized carbons (Fsp3) is 0.292. The van der Waals surface area contributed by atoms with E-state index in [1.54, 1.807) is 9.13 Å². The van der Waals surface area contributed by atoms with Crippen LogP contribution in [0, 0.1) is 23.7 Å². The topological polar surface area (TPSA) is 125 Å². The van der Waals surface area contributed by atoms with Crippen LogP contribution in [0.5, 0.6) is 0 Å². The monoisotopic (exact) mass is 798 g/mol. The molecule has 0 saturated carbocycles. The van der Waals surface area contributed by atoms with Gasteiger partial charge in [-0.15, -0.1) is 0 Å². The molecule has 4 aromatic carbocycles. The van der Waals surface area contributed by atoms with Gasteiger partial charge in [-0.25, -0.2) is 0 Å². The molecule has 0 radical (unpaired) electrons. The maximum Gasteiger partial charge on any atom is 0.238 e. The number of nitrogens with zero attached hydrogens (tertiary/aromatic N) is 6. The third-order valence-electron chi connectivity index (χ3n) is 13.8. The summed E-state index contributed by atoms with van der Waals surface area (Å²) in [6.45, 7) is 6.08. The number of carbonyl (C=O) groups excluding carboxylic acids is 6. The summed E-state index contributed by atoms with van der Waals surface area (Å²) in [5, 5.41) is 1.93. The van der Waals surface area contributed by atoms with Gasteiger partial charge in [0.1, 0.15) is 0 Å². The first-order chi connectivity index (χ1) is 29.1. The van der Waals surface area contributed by atoms with Crippen molar-refractivity contribution in [2.24, 2.45) is 23.7 Å². The van der Waals surface area contributed by atoms with E-state index in [0.717, 1.165) is 81.9 Å². The van der Waals surface area contributed by atoms with E-state index in [4.69, 9.17) is 0 Å². The summed E-state index contributed by atoms with van der Waals surface area (Å²) < 4.78 is 3.42. The van der Waals surface area contributed by atoms with E-state index in [9.17, 15) is 28.8 Å². The number of rotatable bonds is 4. The van der Waals surface area contributed by atoms with Crippen molar-refractivity contribution in [1.82, 2.24) is 9.13 Å². The van der Waals surface area contributed by atoms with E-state index in [2.05, 4.69) is 9.80 Å². The maximum atomic E-state index is 13.9. The molecule has 3 aliphatic heterocycles. The molecule has 0 N–H and O–H groups in total. The summed E-state index contributed by atoms with van der Waals surface area (Å²) in [7, 11) is 0. The minimum atomic E-state index is -0.508. The zero-order chi connectivity index (χ0) is 41.1. The molecule has 2 unspecified atom stereocenters. The number of hydrogen-bond acceptors (Lipinski definition) is 8. The van der Waals surface area contributed by atoms with Crippen molar-refractivity contribution < 1.29 is 28.8 Å². The lowest BCUT2D eigenvalue weighted by Crippen LogP contribution is -2.46. The third kappa shape index (κ3) is 5.22. The van der Waals surface area contributed by atoms with Crippen LogP contribution in [0.3, 0.4) is 0 Å². The van der Waals surface area contributed by atoms with Crippen molar-refractivity contribution in [2.45, 2.75) is 39.5 Å². The molecular formula is C48H42N6O6. The van der Waals surface area contributed by atoms with Crippen LogP contribution < -0.4 is 19.6 Å². The van der Waals surface area contributed by atoms with Crippen LogP contribution in [0.2, 0.25) is 0 Å². The van der Waals surface area contributed by atoms with Gasteiger partial charge in [-0.05, 0) is 84.6 Å². The first-order valence-corrected chi connectivity index (χ1v) is 20.8. The second-order valence-corrected chi connectivity index (χ2v) is 16.9. The van der Waals surface area contributed by atoms with Gasteiger partial charge in [-0.1, -0.05) is 36.4 Å². The van der Waals surface area contributed by atoms with Gasteiger partial charge in [-0.2, -0.15) is 0 Å². The van der Waals surface area contributed by atoms with Crippen molar-refractivity contribution in [3.63, 3.8) is 0 Å². The van der Waals surface area contributed by atoms with Crippen LogP contribution in [0.25, 0.3) is 21.8 Å². The Bertz CT molecular complexity index is 2670. The van der Waals surface area contributed by atoms with Crippen LogP contribution in [-0.4, -0.2) is 70.8 Å². The Morgan fingerprint density at radius 3 is 1.10 bits per heavy atom. The highest BCUT2D eigenvalue weighted by atomic mass is 16.2. The molecule has 6 aromatic rings. The smallest absolute Gasteiger partial charge is 0.238 e. The summed E-state index contributed by atoms with van der Waals surface area (Å²) in [6, 6.07) is 30.8. The van der Waals surface area contributed by atoms with Gasteiger partial charge in [0, 0.05) is 86.4 Å². The molecule has 4 amide bonds. The van der Waals surface area contributed by atoms with Crippen molar-refractivity contribution in [3.05, 3.63) is 120 Å². The van der Waals surface area contributed by atoms with Gasteiger partial charge in [0.15, 0.2) is 0 Å². The first kappa shape index (κ1) is 36.3. The number of benzene rings is 4. The number of amides is 4. The van der Waals surface area contributed by atoms with Crippen molar-refractivity contribution in [3.8, 4) is 0 Å². The molecule has 60 heavy (non-hydrogen) atoms. The predicted octanol–water partition coefficient (Wildman–Crippen LogP) is 6.05. The third-order valence-corrected chi connectivity index (χ3v) is 13.8. The Kier molecular flexibility index (Phi) is 8.07. The molecule has 2 aromatic heterocycles. The number of carbonyl (C=O) groups is 6. The highest BCUT2D eigenvalue weighted by Crippen LogP contribution is 2.45. The van der Waals surface area contributed by atoms with Crippen LogP contribution in [0.1, 0.15) is 46.0 Å². The maximum absolute atomic E-state index is 13.9. The molecular weight excluding hydrogens is 757 g/mol. The minimum Gasteiger partial charge on any atom is -0.368 e. The van der Waals surface area contributed by atoms with Crippen LogP contribution in [0.4, 0.5) is 22.7 Å². The highest BCUT2D eigenvalue weighted by Gasteiger charge is 2.53. The lowest BCUT2D eigenvalue weighted by Gasteiger charge is -2.37. The molecule has 12 nitrogen and oxygen atoms in total. The molecule has 0 bridgehead atoms. The molecule has 2 aliphatic carbocycles. The molecule has 5 heterocycles. The second-order valence-electron chi connectivity index (χ2n) is 16.9. The molecule has 3 fully saturated rings. The SMILES string of the molecule is CC(=O)n1c2c(c3ccccc31)CC1C(=O)N(c3ccc(N4CCN(c5ccc(N6C(=O)[C@H]7Cc8c(c9ccccc9n8C(C)=O)C[C@H]7C6=O)cc5)CC4)cc3)C(=O)C1C2. The Morgan fingerprint density at radius 2 is 0.750 bits per heavy atom. The second kappa shape index (κ2) is 13.4. The lowest BCUT2D eigenvalue weighted by molar-refractivity contribution is -0.124. The van der Waals surface area contributed by atoms with Crippen LogP contribution in [0.15, 0.2) is 97.1 Å². The summed E-state index contributed by atoms with van der Waals surface area (Å²) in [5.41, 5.74) is 8.42. The highest BCUT2D eigenvalue weighted by molar-refractivity contribution is 6.23. The molecule has 300 valence electrons. The van der Waals surface area contributed by atoms with E-state index in [1.165, 1.54) is 23.6 Å². The van der Waals surface area contributed by atoms with E-state index in [0.29, 0.717) is 37.1 Å². The van der Waals surface area contributed by atoms with Gasteiger partial charge in [-0.3, -0.25) is 47.7 Å². The quantitative estimate of drug-likeness (QED) is 0.198. The number of piperazine rings is 1. The van der Waals surface area contributed by atoms with E-state index >= 15 is 0 Å². The first-order valence-electron chi connectivity index (χ1n) is 20.8. The van der Waals surface area contributed by atoms with Gasteiger partial charge >= 0.3 is 0 Å². The largest absolute Gasteiger partial charge is 0.368 e. The van der Waals surface area contributed by atoms with E-state index in [1.807, 2.05) is 97.1 Å². The van der Waals surface area contributed by atoms with Gasteiger partial charge < -0.3 is 9.80 Å². The van der Waals surface area contributed by atoms with Gasteiger partial charge in [0.2, 0.25) is 35.4 Å². The van der Waals surface area contributed by atoms with E-state index < -0.39 is 23.7 Å². The average molecular weight is 799 g/mol. The van der Waals surface area contributed by atoms with E-state index in [-0.39, 0.29) is 35.4 Å². The molecule has 12 heteroatoms. The normalized spacial score (nSPS) is 22.4. The number of aromatic nitrogens is 2. The zero-order valence-electron chi connectivity index (χ0n) is 33.3. The molecule has 3 saturated heterocycles. The predicted molar refractivity (Wildman–Crippen MR) is 228 cm³/mol. The Balaban J connectivity index is 0.743. The Labute approximate surface area is 345 Å². The summed E-state index contributed by atoms with van der Waals surface area (Å²) >= 11 is 0. The fourth-order valence-corrected chi connectivity index (χ4v) is 11.0. The number of imide groups is 2. The number of fused-ring (bicyclic) bond motifs is 8. The van der Waals surface area contributed by atoms with Crippen molar-refractivity contribution in [1.29, 1.82) is 0 Å². The van der Waals surface area contributed by atoms with Gasteiger partial charge in [0.25, 0.3) is 0 Å². The number of para-hydroxylation sites is 2. The number of hydrogen-bond donors (Lipinski definition) is 0.